The zero-order chi connectivity index (χ0) is 15.4. The van der Waals surface area contributed by atoms with Gasteiger partial charge in [-0.2, -0.15) is 0 Å². The van der Waals surface area contributed by atoms with Crippen LogP contribution in [0.25, 0.3) is 0 Å². The van der Waals surface area contributed by atoms with Crippen LogP contribution in [0, 0.1) is 5.41 Å². The lowest BCUT2D eigenvalue weighted by atomic mass is 10.0. The Bertz CT molecular complexity index is 478. The first-order valence-corrected chi connectivity index (χ1v) is 8.66. The maximum absolute atomic E-state index is 6.01. The number of nitrogens with one attached hydrogen (secondary N) is 1. The van der Waals surface area contributed by atoms with E-state index in [2.05, 4.69) is 43.4 Å². The summed E-state index contributed by atoms with van der Waals surface area (Å²) >= 11 is 0. The Hall–Kier alpha value is -0.900. The molecule has 1 aromatic rings. The molecule has 1 aliphatic carbocycles. The Morgan fingerprint density at radius 2 is 2.00 bits per heavy atom. The van der Waals surface area contributed by atoms with Crippen molar-refractivity contribution in [3.8, 4) is 0 Å². The van der Waals surface area contributed by atoms with E-state index in [4.69, 9.17) is 9.47 Å². The standard InChI is InChI=1S/C19H29NO2/c1-15(19(2)8-9-19)20-13-16-4-3-5-17(12-16)14-22-18-6-10-21-11-7-18/h3-5,12,15,18,20H,6-11,13-14H2,1-2H3/t15-/m0/s1. The Morgan fingerprint density at radius 3 is 2.73 bits per heavy atom. The van der Waals surface area contributed by atoms with Crippen molar-refractivity contribution in [3.63, 3.8) is 0 Å². The predicted octanol–water partition coefficient (Wildman–Crippen LogP) is 3.66. The van der Waals surface area contributed by atoms with Gasteiger partial charge in [0.05, 0.1) is 12.7 Å². The molecule has 2 aliphatic rings. The fourth-order valence-electron chi connectivity index (χ4n) is 3.03. The Balaban J connectivity index is 1.46. The van der Waals surface area contributed by atoms with E-state index in [0.29, 0.717) is 24.2 Å². The number of hydrogen-bond acceptors (Lipinski definition) is 3. The lowest BCUT2D eigenvalue weighted by Crippen LogP contribution is -2.32. The maximum Gasteiger partial charge on any atom is 0.0720 e. The van der Waals surface area contributed by atoms with Crippen molar-refractivity contribution in [2.45, 2.75) is 64.8 Å². The Kier molecular flexibility index (Phi) is 5.17. The van der Waals surface area contributed by atoms with E-state index in [1.807, 2.05) is 0 Å². The van der Waals surface area contributed by atoms with Crippen molar-refractivity contribution in [3.05, 3.63) is 35.4 Å². The second-order valence-corrected chi connectivity index (χ2v) is 7.20. The first kappa shape index (κ1) is 16.0. The SMILES string of the molecule is C[C@H](NCc1cccc(COC2CCOCC2)c1)C1(C)CC1. The highest BCUT2D eigenvalue weighted by Crippen LogP contribution is 2.47. The largest absolute Gasteiger partial charge is 0.381 e. The number of ether oxygens (including phenoxy) is 2. The summed E-state index contributed by atoms with van der Waals surface area (Å²) in [5.41, 5.74) is 3.16. The van der Waals surface area contributed by atoms with Crippen LogP contribution in [0.2, 0.25) is 0 Å². The molecule has 0 unspecified atom stereocenters. The minimum atomic E-state index is 0.366. The lowest BCUT2D eigenvalue weighted by molar-refractivity contribution is -0.0390. The second-order valence-electron chi connectivity index (χ2n) is 7.20. The van der Waals surface area contributed by atoms with Crippen molar-refractivity contribution in [1.29, 1.82) is 0 Å². The predicted molar refractivity (Wildman–Crippen MR) is 88.7 cm³/mol. The van der Waals surface area contributed by atoms with Crippen LogP contribution in [0.5, 0.6) is 0 Å². The Morgan fingerprint density at radius 1 is 1.27 bits per heavy atom. The highest BCUT2D eigenvalue weighted by molar-refractivity contribution is 5.23. The minimum Gasteiger partial charge on any atom is -0.381 e. The van der Waals surface area contributed by atoms with Crippen molar-refractivity contribution in [2.75, 3.05) is 13.2 Å². The monoisotopic (exact) mass is 303 g/mol. The second kappa shape index (κ2) is 7.12. The summed E-state index contributed by atoms with van der Waals surface area (Å²) in [6, 6.07) is 9.37. The summed E-state index contributed by atoms with van der Waals surface area (Å²) in [7, 11) is 0. The smallest absolute Gasteiger partial charge is 0.0720 e. The van der Waals surface area contributed by atoms with Gasteiger partial charge in [-0.15, -0.1) is 0 Å². The third-order valence-corrected chi connectivity index (χ3v) is 5.34. The van der Waals surface area contributed by atoms with E-state index in [1.54, 1.807) is 0 Å². The van der Waals surface area contributed by atoms with Gasteiger partial charge in [-0.05, 0) is 49.1 Å². The molecule has 1 N–H and O–H groups in total. The summed E-state index contributed by atoms with van der Waals surface area (Å²) in [5.74, 6) is 0. The molecular weight excluding hydrogens is 274 g/mol. The molecule has 1 aliphatic heterocycles. The molecule has 122 valence electrons. The summed E-state index contributed by atoms with van der Waals surface area (Å²) in [6.07, 6.45) is 5.14. The van der Waals surface area contributed by atoms with Crippen LogP contribution in [0.1, 0.15) is 50.7 Å². The summed E-state index contributed by atoms with van der Waals surface area (Å²) in [5, 5.41) is 3.68. The molecule has 0 spiro atoms. The van der Waals surface area contributed by atoms with Crippen LogP contribution in [0.3, 0.4) is 0 Å². The van der Waals surface area contributed by atoms with Crippen LogP contribution in [-0.2, 0) is 22.6 Å². The van der Waals surface area contributed by atoms with Crippen LogP contribution < -0.4 is 5.32 Å². The summed E-state index contributed by atoms with van der Waals surface area (Å²) in [4.78, 5) is 0. The third-order valence-electron chi connectivity index (χ3n) is 5.34. The van der Waals surface area contributed by atoms with Gasteiger partial charge < -0.3 is 14.8 Å². The van der Waals surface area contributed by atoms with Gasteiger partial charge in [-0.25, -0.2) is 0 Å². The highest BCUT2D eigenvalue weighted by Gasteiger charge is 2.42. The lowest BCUT2D eigenvalue weighted by Gasteiger charge is -2.23. The van der Waals surface area contributed by atoms with Gasteiger partial charge in [-0.3, -0.25) is 0 Å². The molecule has 1 saturated heterocycles. The molecule has 3 rings (SSSR count). The molecule has 0 amide bonds. The maximum atomic E-state index is 6.01. The van der Waals surface area contributed by atoms with Gasteiger partial charge >= 0.3 is 0 Å². The summed E-state index contributed by atoms with van der Waals surface area (Å²) in [6.45, 7) is 8.03. The van der Waals surface area contributed by atoms with Crippen molar-refractivity contribution >= 4 is 0 Å². The van der Waals surface area contributed by atoms with Crippen molar-refractivity contribution in [2.24, 2.45) is 5.41 Å². The van der Waals surface area contributed by atoms with Gasteiger partial charge in [-0.1, -0.05) is 31.2 Å². The first-order chi connectivity index (χ1) is 10.7. The van der Waals surface area contributed by atoms with Gasteiger partial charge in [0.2, 0.25) is 0 Å². The van der Waals surface area contributed by atoms with Gasteiger partial charge in [0.1, 0.15) is 0 Å². The van der Waals surface area contributed by atoms with E-state index < -0.39 is 0 Å². The van der Waals surface area contributed by atoms with Crippen LogP contribution in [-0.4, -0.2) is 25.4 Å². The molecule has 0 radical (unpaired) electrons. The average molecular weight is 303 g/mol. The van der Waals surface area contributed by atoms with Gasteiger partial charge in [0, 0.05) is 25.8 Å². The molecular formula is C19H29NO2. The number of benzene rings is 1. The zero-order valence-corrected chi connectivity index (χ0v) is 13.9. The van der Waals surface area contributed by atoms with E-state index in [9.17, 15) is 0 Å². The van der Waals surface area contributed by atoms with Crippen LogP contribution in [0.15, 0.2) is 24.3 Å². The normalized spacial score (nSPS) is 22.5. The van der Waals surface area contributed by atoms with E-state index >= 15 is 0 Å². The highest BCUT2D eigenvalue weighted by atomic mass is 16.5. The molecule has 1 atom stereocenters. The minimum absolute atomic E-state index is 0.366. The fraction of sp³-hybridized carbons (Fsp3) is 0.684. The summed E-state index contributed by atoms with van der Waals surface area (Å²) < 4.78 is 11.4. The fourth-order valence-corrected chi connectivity index (χ4v) is 3.03. The number of hydrogen-bond donors (Lipinski definition) is 1. The quantitative estimate of drug-likeness (QED) is 0.834. The van der Waals surface area contributed by atoms with Crippen molar-refractivity contribution in [1.82, 2.24) is 5.32 Å². The molecule has 1 aromatic carbocycles. The molecule has 3 nitrogen and oxygen atoms in total. The molecule has 0 bridgehead atoms. The van der Waals surface area contributed by atoms with E-state index in [-0.39, 0.29) is 0 Å². The molecule has 0 aromatic heterocycles. The molecule has 22 heavy (non-hydrogen) atoms. The number of rotatable bonds is 7. The molecule has 1 heterocycles. The van der Waals surface area contributed by atoms with Crippen molar-refractivity contribution < 1.29 is 9.47 Å². The Labute approximate surface area is 134 Å². The topological polar surface area (TPSA) is 30.5 Å². The zero-order valence-electron chi connectivity index (χ0n) is 13.9. The molecule has 1 saturated carbocycles. The third kappa shape index (κ3) is 4.31. The van der Waals surface area contributed by atoms with Gasteiger partial charge in [0.25, 0.3) is 0 Å². The van der Waals surface area contributed by atoms with E-state index in [1.165, 1.54) is 24.0 Å². The van der Waals surface area contributed by atoms with Crippen LogP contribution in [0.4, 0.5) is 0 Å². The molecule has 3 heteroatoms. The van der Waals surface area contributed by atoms with E-state index in [0.717, 1.165) is 32.6 Å². The van der Waals surface area contributed by atoms with Crippen LogP contribution >= 0.6 is 0 Å². The average Bonchev–Trinajstić information content (AvgIpc) is 3.31. The first-order valence-electron chi connectivity index (χ1n) is 8.66. The van der Waals surface area contributed by atoms with Gasteiger partial charge in [0.15, 0.2) is 0 Å². The molecule has 2 fully saturated rings.